The highest BCUT2D eigenvalue weighted by molar-refractivity contribution is 6.08. The van der Waals surface area contributed by atoms with Crippen molar-refractivity contribution in [1.82, 2.24) is 0 Å². The van der Waals surface area contributed by atoms with Crippen LogP contribution in [0.25, 0.3) is 55.3 Å². The van der Waals surface area contributed by atoms with E-state index in [2.05, 4.69) is 206 Å². The van der Waals surface area contributed by atoms with Gasteiger partial charge < -0.3 is 9.32 Å². The highest BCUT2D eigenvalue weighted by atomic mass is 16.3. The van der Waals surface area contributed by atoms with Gasteiger partial charge in [0.15, 0.2) is 0 Å². The molecule has 8 aromatic carbocycles. The summed E-state index contributed by atoms with van der Waals surface area (Å²) in [6.45, 7) is 2.35. The molecule has 0 atom stereocenters. The Morgan fingerprint density at radius 2 is 0.846 bits per heavy atom. The highest BCUT2D eigenvalue weighted by Gasteiger charge is 2.42. The van der Waals surface area contributed by atoms with Crippen LogP contribution in [0.3, 0.4) is 0 Å². The maximum absolute atomic E-state index is 6.85. The molecule has 0 unspecified atom stereocenters. The fourth-order valence-electron chi connectivity index (χ4n) is 8.38. The lowest BCUT2D eigenvalue weighted by Crippen LogP contribution is -2.22. The Bertz CT molecular complexity index is 2600. The van der Waals surface area contributed by atoms with Gasteiger partial charge in [0.2, 0.25) is 0 Å². The zero-order chi connectivity index (χ0) is 34.6. The van der Waals surface area contributed by atoms with Crippen LogP contribution in [-0.4, -0.2) is 0 Å². The van der Waals surface area contributed by atoms with E-state index in [4.69, 9.17) is 4.42 Å². The first-order valence-electron chi connectivity index (χ1n) is 17.9. The number of benzene rings is 8. The van der Waals surface area contributed by atoms with Gasteiger partial charge in [-0.3, -0.25) is 0 Å². The maximum atomic E-state index is 6.85. The SMILES string of the molecule is CC1(c2cccc3c2oc2ccc(N(c4ccc(-c5ccccc5)cc4)c4ccc(-c5ccccc5)cc4)cc23)c2ccccc2-c2ccccc21. The summed E-state index contributed by atoms with van der Waals surface area (Å²) in [5.74, 6) is 0. The molecule has 246 valence electrons. The van der Waals surface area contributed by atoms with Gasteiger partial charge in [0, 0.05) is 38.8 Å². The summed E-state index contributed by atoms with van der Waals surface area (Å²) in [5, 5.41) is 2.22. The van der Waals surface area contributed by atoms with Crippen LogP contribution in [0.5, 0.6) is 0 Å². The summed E-state index contributed by atoms with van der Waals surface area (Å²) in [4.78, 5) is 2.34. The Morgan fingerprint density at radius 1 is 0.385 bits per heavy atom. The lowest BCUT2D eigenvalue weighted by Gasteiger charge is -2.28. The highest BCUT2D eigenvalue weighted by Crippen LogP contribution is 2.54. The van der Waals surface area contributed by atoms with Crippen molar-refractivity contribution in [3.05, 3.63) is 211 Å². The van der Waals surface area contributed by atoms with Crippen molar-refractivity contribution in [1.29, 1.82) is 0 Å². The number of nitrogens with zero attached hydrogens (tertiary/aromatic N) is 1. The van der Waals surface area contributed by atoms with E-state index in [-0.39, 0.29) is 5.41 Å². The molecular weight excluding hydrogens is 631 g/mol. The fraction of sp³-hybridized carbons (Fsp3) is 0.0400. The van der Waals surface area contributed by atoms with Crippen molar-refractivity contribution in [3.8, 4) is 33.4 Å². The second-order valence-electron chi connectivity index (χ2n) is 13.8. The molecule has 0 fully saturated rings. The summed E-state index contributed by atoms with van der Waals surface area (Å²) in [6.07, 6.45) is 0. The second kappa shape index (κ2) is 12.0. The molecule has 1 heterocycles. The van der Waals surface area contributed by atoms with Gasteiger partial charge in [-0.05, 0) is 93.9 Å². The van der Waals surface area contributed by atoms with Gasteiger partial charge in [0.25, 0.3) is 0 Å². The zero-order valence-corrected chi connectivity index (χ0v) is 28.8. The normalized spacial score (nSPS) is 12.9. The molecule has 0 amide bonds. The third kappa shape index (κ3) is 4.72. The van der Waals surface area contributed by atoms with Crippen molar-refractivity contribution < 1.29 is 4.42 Å². The number of para-hydroxylation sites is 1. The Labute approximate surface area is 303 Å². The Morgan fingerprint density at radius 3 is 1.40 bits per heavy atom. The van der Waals surface area contributed by atoms with Crippen LogP contribution in [0.1, 0.15) is 23.6 Å². The molecule has 10 rings (SSSR count). The van der Waals surface area contributed by atoms with E-state index >= 15 is 0 Å². The van der Waals surface area contributed by atoms with Crippen LogP contribution < -0.4 is 4.90 Å². The van der Waals surface area contributed by atoms with E-state index in [1.165, 1.54) is 50.1 Å². The van der Waals surface area contributed by atoms with Crippen LogP contribution in [0, 0.1) is 0 Å². The van der Waals surface area contributed by atoms with E-state index in [9.17, 15) is 0 Å². The van der Waals surface area contributed by atoms with Gasteiger partial charge in [-0.15, -0.1) is 0 Å². The number of furan rings is 1. The van der Waals surface area contributed by atoms with E-state index < -0.39 is 0 Å². The minimum Gasteiger partial charge on any atom is -0.456 e. The van der Waals surface area contributed by atoms with E-state index in [1.807, 2.05) is 0 Å². The van der Waals surface area contributed by atoms with Gasteiger partial charge in [0.1, 0.15) is 11.2 Å². The lowest BCUT2D eigenvalue weighted by molar-refractivity contribution is 0.638. The van der Waals surface area contributed by atoms with E-state index in [0.29, 0.717) is 0 Å². The number of hydrogen-bond donors (Lipinski definition) is 0. The molecule has 0 spiro atoms. The third-order valence-corrected chi connectivity index (χ3v) is 11.0. The first-order chi connectivity index (χ1) is 25.7. The molecule has 9 aromatic rings. The van der Waals surface area contributed by atoms with Crippen molar-refractivity contribution in [3.63, 3.8) is 0 Å². The largest absolute Gasteiger partial charge is 0.456 e. The summed E-state index contributed by atoms with van der Waals surface area (Å²) < 4.78 is 6.85. The zero-order valence-electron chi connectivity index (χ0n) is 28.8. The summed E-state index contributed by atoms with van der Waals surface area (Å²) in [5.41, 5.74) is 15.9. The topological polar surface area (TPSA) is 16.4 Å². The summed E-state index contributed by atoms with van der Waals surface area (Å²) in [7, 11) is 0. The van der Waals surface area contributed by atoms with Crippen molar-refractivity contribution in [2.45, 2.75) is 12.3 Å². The van der Waals surface area contributed by atoms with E-state index in [1.54, 1.807) is 0 Å². The van der Waals surface area contributed by atoms with Crippen LogP contribution in [-0.2, 0) is 5.41 Å². The molecule has 52 heavy (non-hydrogen) atoms. The molecule has 0 saturated heterocycles. The smallest absolute Gasteiger partial charge is 0.139 e. The molecule has 1 aliphatic carbocycles. The molecule has 0 N–H and O–H groups in total. The van der Waals surface area contributed by atoms with Crippen LogP contribution in [0.4, 0.5) is 17.1 Å². The molecule has 2 heteroatoms. The summed E-state index contributed by atoms with van der Waals surface area (Å²) >= 11 is 0. The van der Waals surface area contributed by atoms with Gasteiger partial charge in [-0.1, -0.05) is 152 Å². The molecular formula is C50H35NO. The van der Waals surface area contributed by atoms with Gasteiger partial charge >= 0.3 is 0 Å². The van der Waals surface area contributed by atoms with Crippen LogP contribution in [0.15, 0.2) is 199 Å². The number of hydrogen-bond acceptors (Lipinski definition) is 2. The molecule has 2 nitrogen and oxygen atoms in total. The quantitative estimate of drug-likeness (QED) is 0.176. The maximum Gasteiger partial charge on any atom is 0.139 e. The average Bonchev–Trinajstić information content (AvgIpc) is 3.72. The Balaban J connectivity index is 1.12. The Hall–Kier alpha value is -6.64. The van der Waals surface area contributed by atoms with Crippen LogP contribution >= 0.6 is 0 Å². The number of rotatable bonds is 6. The number of anilines is 3. The molecule has 0 bridgehead atoms. The monoisotopic (exact) mass is 665 g/mol. The number of fused-ring (bicyclic) bond motifs is 6. The minimum atomic E-state index is -0.351. The second-order valence-corrected chi connectivity index (χ2v) is 13.8. The van der Waals surface area contributed by atoms with Crippen molar-refractivity contribution in [2.24, 2.45) is 0 Å². The predicted molar refractivity (Wildman–Crippen MR) is 217 cm³/mol. The average molecular weight is 666 g/mol. The molecule has 0 aliphatic heterocycles. The van der Waals surface area contributed by atoms with Gasteiger partial charge in [-0.2, -0.15) is 0 Å². The van der Waals surface area contributed by atoms with Gasteiger partial charge in [-0.25, -0.2) is 0 Å². The molecule has 0 radical (unpaired) electrons. The Kier molecular flexibility index (Phi) is 6.97. The van der Waals surface area contributed by atoms with Crippen molar-refractivity contribution >= 4 is 39.0 Å². The molecule has 1 aliphatic rings. The summed E-state index contributed by atoms with van der Waals surface area (Å²) in [6, 6.07) is 69.7. The fourth-order valence-corrected chi connectivity index (χ4v) is 8.38. The predicted octanol–water partition coefficient (Wildman–Crippen LogP) is 13.7. The van der Waals surface area contributed by atoms with Crippen molar-refractivity contribution in [2.75, 3.05) is 4.90 Å². The lowest BCUT2D eigenvalue weighted by atomic mass is 9.74. The first kappa shape index (κ1) is 30.2. The van der Waals surface area contributed by atoms with Crippen LogP contribution in [0.2, 0.25) is 0 Å². The van der Waals surface area contributed by atoms with Gasteiger partial charge in [0.05, 0.1) is 0 Å². The van der Waals surface area contributed by atoms with E-state index in [0.717, 1.165) is 39.0 Å². The first-order valence-corrected chi connectivity index (χ1v) is 17.9. The molecule has 0 saturated carbocycles. The third-order valence-electron chi connectivity index (χ3n) is 11.0. The standard InChI is InChI=1S/C50H35NO/c1-50(45-20-10-8-17-41(45)42-18-9-11-21-46(42)50)47-22-12-19-43-44-33-40(31-32-48(44)52-49(43)47)51(38-27-23-36(24-28-38)34-13-4-2-5-14-34)39-29-25-37(26-30-39)35-15-6-3-7-16-35/h2-33H,1H3. The molecule has 1 aromatic heterocycles. The minimum absolute atomic E-state index is 0.351.